The molecular weight excluding hydrogens is 386 g/mol. The molecule has 0 radical (unpaired) electrons. The van der Waals surface area contributed by atoms with Crippen LogP contribution >= 0.6 is 0 Å². The van der Waals surface area contributed by atoms with Gasteiger partial charge >= 0.3 is 5.97 Å². The van der Waals surface area contributed by atoms with Crippen LogP contribution in [0.5, 0.6) is 0 Å². The number of azide groups is 1. The molecule has 0 saturated carbocycles. The fourth-order valence-corrected chi connectivity index (χ4v) is 3.33. The number of carbonyl (C=O) groups excluding carboxylic acids is 1. The Hall–Kier alpha value is -2.90. The van der Waals surface area contributed by atoms with Gasteiger partial charge in [-0.3, -0.25) is 4.79 Å². The first kappa shape index (κ1) is 21.8. The first-order chi connectivity index (χ1) is 14.7. The van der Waals surface area contributed by atoms with Gasteiger partial charge in [-0.2, -0.15) is 0 Å². The van der Waals surface area contributed by atoms with Crippen molar-refractivity contribution in [3.8, 4) is 0 Å². The maximum absolute atomic E-state index is 12.0. The number of methoxy groups -OCH3 is 1. The predicted octanol–water partition coefficient (Wildman–Crippen LogP) is 3.80. The van der Waals surface area contributed by atoms with E-state index in [-0.39, 0.29) is 18.8 Å². The first-order valence-electron chi connectivity index (χ1n) is 9.76. The minimum atomic E-state index is -1.07. The van der Waals surface area contributed by atoms with Crippen LogP contribution < -0.4 is 0 Å². The number of carbonyl (C=O) groups is 1. The molecule has 1 heterocycles. The van der Waals surface area contributed by atoms with Crippen molar-refractivity contribution in [2.75, 3.05) is 13.7 Å². The zero-order chi connectivity index (χ0) is 21.2. The highest BCUT2D eigenvalue weighted by Crippen LogP contribution is 2.26. The molecule has 1 aliphatic heterocycles. The molecule has 0 aromatic heterocycles. The molecule has 158 valence electrons. The van der Waals surface area contributed by atoms with Crippen molar-refractivity contribution in [2.24, 2.45) is 5.11 Å². The lowest BCUT2D eigenvalue weighted by atomic mass is 9.98. The maximum Gasteiger partial charge on any atom is 0.317 e. The van der Waals surface area contributed by atoms with Crippen molar-refractivity contribution in [1.29, 1.82) is 0 Å². The largest absolute Gasteiger partial charge is 0.469 e. The molecule has 4 atom stereocenters. The number of hydrogen-bond acceptors (Lipinski definition) is 6. The van der Waals surface area contributed by atoms with Gasteiger partial charge in [-0.1, -0.05) is 65.8 Å². The average molecular weight is 411 g/mol. The Morgan fingerprint density at radius 1 is 1.07 bits per heavy atom. The summed E-state index contributed by atoms with van der Waals surface area (Å²) in [6, 6.07) is 18.6. The van der Waals surface area contributed by atoms with Crippen LogP contribution in [0.15, 0.2) is 65.8 Å². The molecule has 8 heteroatoms. The van der Waals surface area contributed by atoms with E-state index < -0.39 is 18.1 Å². The van der Waals surface area contributed by atoms with E-state index in [1.54, 1.807) is 0 Å². The van der Waals surface area contributed by atoms with E-state index in [9.17, 15) is 4.79 Å². The molecule has 1 aliphatic rings. The minimum Gasteiger partial charge on any atom is -0.469 e. The Morgan fingerprint density at radius 2 is 1.63 bits per heavy atom. The zero-order valence-electron chi connectivity index (χ0n) is 16.8. The number of benzene rings is 2. The highest BCUT2D eigenvalue weighted by Gasteiger charge is 2.39. The third kappa shape index (κ3) is 6.05. The Balaban J connectivity index is 1.69. The SMILES string of the molecule is COC(=O)[C@H](N=[N+]=[N-])[C@@H]1C[C@H](OCc2ccccc2)[C@H](OCc2ccccc2)CO1. The van der Waals surface area contributed by atoms with Gasteiger partial charge in [0, 0.05) is 11.3 Å². The topological polar surface area (TPSA) is 103 Å². The number of rotatable bonds is 9. The van der Waals surface area contributed by atoms with E-state index in [0.29, 0.717) is 19.6 Å². The van der Waals surface area contributed by atoms with Gasteiger partial charge in [-0.05, 0) is 16.7 Å². The van der Waals surface area contributed by atoms with Gasteiger partial charge in [-0.15, -0.1) is 0 Å². The molecule has 0 unspecified atom stereocenters. The highest BCUT2D eigenvalue weighted by atomic mass is 16.6. The molecule has 2 aromatic rings. The summed E-state index contributed by atoms with van der Waals surface area (Å²) >= 11 is 0. The van der Waals surface area contributed by atoms with E-state index in [1.165, 1.54) is 7.11 Å². The Labute approximate surface area is 175 Å². The minimum absolute atomic E-state index is 0.214. The van der Waals surface area contributed by atoms with Crippen molar-refractivity contribution >= 4 is 5.97 Å². The third-order valence-corrected chi connectivity index (χ3v) is 4.94. The lowest BCUT2D eigenvalue weighted by molar-refractivity contribution is -0.180. The first-order valence-corrected chi connectivity index (χ1v) is 9.76. The molecule has 0 aliphatic carbocycles. The van der Waals surface area contributed by atoms with E-state index in [2.05, 4.69) is 10.0 Å². The average Bonchev–Trinajstić information content (AvgIpc) is 2.81. The monoisotopic (exact) mass is 411 g/mol. The predicted molar refractivity (Wildman–Crippen MR) is 109 cm³/mol. The van der Waals surface area contributed by atoms with Crippen molar-refractivity contribution in [1.82, 2.24) is 0 Å². The normalized spacial score (nSPS) is 22.0. The molecule has 0 amide bonds. The standard InChI is InChI=1S/C22H25N3O5/c1-27-22(26)21(24-25-23)19-12-18(28-13-16-8-4-2-5-9-16)20(15-30-19)29-14-17-10-6-3-7-11-17/h2-11,18-21H,12-15H2,1H3/t18-,19-,20+,21+/m0/s1. The van der Waals surface area contributed by atoms with Gasteiger partial charge in [0.1, 0.15) is 6.10 Å². The number of esters is 1. The van der Waals surface area contributed by atoms with Gasteiger partial charge in [0.15, 0.2) is 6.04 Å². The molecular formula is C22H25N3O5. The van der Waals surface area contributed by atoms with Crippen LogP contribution in [0.3, 0.4) is 0 Å². The molecule has 2 aromatic carbocycles. The van der Waals surface area contributed by atoms with Gasteiger partial charge in [-0.25, -0.2) is 0 Å². The van der Waals surface area contributed by atoms with E-state index >= 15 is 0 Å². The molecule has 1 fully saturated rings. The summed E-state index contributed by atoms with van der Waals surface area (Å²) in [4.78, 5) is 14.8. The van der Waals surface area contributed by atoms with E-state index in [0.717, 1.165) is 11.1 Å². The van der Waals surface area contributed by atoms with Crippen LogP contribution in [-0.4, -0.2) is 44.0 Å². The van der Waals surface area contributed by atoms with Crippen molar-refractivity contribution in [3.63, 3.8) is 0 Å². The van der Waals surface area contributed by atoms with Crippen LogP contribution in [0.1, 0.15) is 17.5 Å². The van der Waals surface area contributed by atoms with Gasteiger partial charge in [0.25, 0.3) is 0 Å². The third-order valence-electron chi connectivity index (χ3n) is 4.94. The molecule has 0 spiro atoms. The van der Waals surface area contributed by atoms with E-state index in [1.807, 2.05) is 60.7 Å². The second-order valence-corrected chi connectivity index (χ2v) is 6.95. The smallest absolute Gasteiger partial charge is 0.317 e. The zero-order valence-corrected chi connectivity index (χ0v) is 16.8. The summed E-state index contributed by atoms with van der Waals surface area (Å²) in [7, 11) is 1.25. The molecule has 0 N–H and O–H groups in total. The molecule has 1 saturated heterocycles. The summed E-state index contributed by atoms with van der Waals surface area (Å²) in [6.07, 6.45) is -0.973. The fraction of sp³-hybridized carbons (Fsp3) is 0.409. The lowest BCUT2D eigenvalue weighted by Gasteiger charge is -2.37. The van der Waals surface area contributed by atoms with Crippen LogP contribution in [0.4, 0.5) is 0 Å². The van der Waals surface area contributed by atoms with Gasteiger partial charge < -0.3 is 18.9 Å². The molecule has 0 bridgehead atoms. The molecule has 3 rings (SSSR count). The highest BCUT2D eigenvalue weighted by molar-refractivity contribution is 5.76. The van der Waals surface area contributed by atoms with Gasteiger partial charge in [0.2, 0.25) is 0 Å². The van der Waals surface area contributed by atoms with Gasteiger partial charge in [0.05, 0.1) is 39.1 Å². The summed E-state index contributed by atoms with van der Waals surface area (Å²) in [5, 5.41) is 3.57. The Bertz CT molecular complexity index is 842. The second-order valence-electron chi connectivity index (χ2n) is 6.95. The maximum atomic E-state index is 12.0. The fourth-order valence-electron chi connectivity index (χ4n) is 3.33. The summed E-state index contributed by atoms with van der Waals surface area (Å²) in [6.45, 7) is 1.03. The number of hydrogen-bond donors (Lipinski definition) is 0. The number of nitrogens with zero attached hydrogens (tertiary/aromatic N) is 3. The van der Waals surface area contributed by atoms with Crippen molar-refractivity contribution in [3.05, 3.63) is 82.2 Å². The molecule has 8 nitrogen and oxygen atoms in total. The van der Waals surface area contributed by atoms with E-state index in [4.69, 9.17) is 24.5 Å². The Kier molecular flexibility index (Phi) is 8.23. The number of ether oxygens (including phenoxy) is 4. The molecule has 30 heavy (non-hydrogen) atoms. The summed E-state index contributed by atoms with van der Waals surface area (Å²) in [5.41, 5.74) is 10.9. The summed E-state index contributed by atoms with van der Waals surface area (Å²) in [5.74, 6) is -0.636. The van der Waals surface area contributed by atoms with Crippen LogP contribution in [0.25, 0.3) is 10.4 Å². The second kappa shape index (κ2) is 11.3. The van der Waals surface area contributed by atoms with Crippen molar-refractivity contribution in [2.45, 2.75) is 44.0 Å². The van der Waals surface area contributed by atoms with Crippen LogP contribution in [-0.2, 0) is 37.0 Å². The lowest BCUT2D eigenvalue weighted by Crippen LogP contribution is -2.49. The van der Waals surface area contributed by atoms with Crippen molar-refractivity contribution < 1.29 is 23.7 Å². The van der Waals surface area contributed by atoms with Crippen LogP contribution in [0, 0.1) is 0 Å². The quantitative estimate of drug-likeness (QED) is 0.270. The Morgan fingerprint density at radius 3 is 2.17 bits per heavy atom. The summed E-state index contributed by atoms with van der Waals surface area (Å²) < 4.78 is 22.8. The van der Waals surface area contributed by atoms with Crippen LogP contribution in [0.2, 0.25) is 0 Å².